The number of aromatic nitrogens is 2. The van der Waals surface area contributed by atoms with Gasteiger partial charge in [-0.15, -0.1) is 0 Å². The van der Waals surface area contributed by atoms with Gasteiger partial charge in [-0.25, -0.2) is 8.91 Å². The summed E-state index contributed by atoms with van der Waals surface area (Å²) >= 11 is 0. The lowest BCUT2D eigenvalue weighted by Crippen LogP contribution is -2.04. The van der Waals surface area contributed by atoms with Crippen LogP contribution in [0, 0.1) is 5.82 Å². The maximum Gasteiger partial charge on any atom is 0.123 e. The standard InChI is InChI=1S/C18H19FN2/c1-4-15-9-10-18-16(13-5-7-14(19)8-6-13)11-17(12(2)3)20-21(15)18/h5-12H,4H2,1-3H3. The Morgan fingerprint density at radius 2 is 1.81 bits per heavy atom. The van der Waals surface area contributed by atoms with E-state index in [1.54, 1.807) is 0 Å². The topological polar surface area (TPSA) is 17.3 Å². The molecule has 2 heterocycles. The molecule has 0 bridgehead atoms. The van der Waals surface area contributed by atoms with Crippen molar-refractivity contribution in [1.82, 2.24) is 9.61 Å². The van der Waals surface area contributed by atoms with Gasteiger partial charge >= 0.3 is 0 Å². The Hall–Kier alpha value is -2.16. The van der Waals surface area contributed by atoms with Crippen LogP contribution in [0.1, 0.15) is 38.1 Å². The van der Waals surface area contributed by atoms with Crippen molar-refractivity contribution < 1.29 is 4.39 Å². The average molecular weight is 282 g/mol. The predicted molar refractivity (Wildman–Crippen MR) is 84.1 cm³/mol. The number of nitrogens with zero attached hydrogens (tertiary/aromatic N) is 2. The van der Waals surface area contributed by atoms with Gasteiger partial charge in [-0.2, -0.15) is 5.10 Å². The largest absolute Gasteiger partial charge is 0.237 e. The van der Waals surface area contributed by atoms with Gasteiger partial charge in [0.25, 0.3) is 0 Å². The summed E-state index contributed by atoms with van der Waals surface area (Å²) in [7, 11) is 0. The summed E-state index contributed by atoms with van der Waals surface area (Å²) in [6, 6.07) is 13.0. The Bertz CT molecular complexity index is 770. The summed E-state index contributed by atoms with van der Waals surface area (Å²) in [5.41, 5.74) is 5.44. The highest BCUT2D eigenvalue weighted by Crippen LogP contribution is 2.29. The van der Waals surface area contributed by atoms with Crippen LogP contribution in [0.5, 0.6) is 0 Å². The molecule has 3 heteroatoms. The van der Waals surface area contributed by atoms with Crippen molar-refractivity contribution in [3.8, 4) is 11.1 Å². The van der Waals surface area contributed by atoms with Crippen LogP contribution in [0.2, 0.25) is 0 Å². The van der Waals surface area contributed by atoms with Gasteiger partial charge in [0.05, 0.1) is 11.2 Å². The van der Waals surface area contributed by atoms with E-state index in [4.69, 9.17) is 5.10 Å². The normalized spacial score (nSPS) is 11.5. The maximum atomic E-state index is 13.2. The second kappa shape index (κ2) is 5.32. The first-order valence-corrected chi connectivity index (χ1v) is 7.37. The van der Waals surface area contributed by atoms with E-state index in [1.165, 1.54) is 17.8 Å². The van der Waals surface area contributed by atoms with E-state index in [0.29, 0.717) is 5.92 Å². The van der Waals surface area contributed by atoms with Gasteiger partial charge < -0.3 is 0 Å². The lowest BCUT2D eigenvalue weighted by molar-refractivity contribution is 0.628. The summed E-state index contributed by atoms with van der Waals surface area (Å²) < 4.78 is 15.2. The van der Waals surface area contributed by atoms with Crippen molar-refractivity contribution in [1.29, 1.82) is 0 Å². The quantitative estimate of drug-likeness (QED) is 0.672. The summed E-state index contributed by atoms with van der Waals surface area (Å²) in [6.45, 7) is 6.40. The minimum Gasteiger partial charge on any atom is -0.237 e. The molecule has 0 fully saturated rings. The van der Waals surface area contributed by atoms with Crippen molar-refractivity contribution >= 4 is 5.52 Å². The molecule has 1 aromatic carbocycles. The number of hydrogen-bond acceptors (Lipinski definition) is 1. The van der Waals surface area contributed by atoms with E-state index in [0.717, 1.165) is 28.8 Å². The first-order valence-electron chi connectivity index (χ1n) is 7.37. The van der Waals surface area contributed by atoms with Crippen molar-refractivity contribution in [2.75, 3.05) is 0 Å². The molecule has 0 aliphatic heterocycles. The smallest absolute Gasteiger partial charge is 0.123 e. The Morgan fingerprint density at radius 1 is 1.10 bits per heavy atom. The highest BCUT2D eigenvalue weighted by molar-refractivity contribution is 5.80. The average Bonchev–Trinajstić information content (AvgIpc) is 2.90. The molecule has 21 heavy (non-hydrogen) atoms. The first-order chi connectivity index (χ1) is 10.1. The molecule has 0 spiro atoms. The number of benzene rings is 1. The molecule has 108 valence electrons. The molecule has 3 rings (SSSR count). The third-order valence-electron chi connectivity index (χ3n) is 3.83. The molecule has 2 aromatic heterocycles. The molecule has 0 unspecified atom stereocenters. The van der Waals surface area contributed by atoms with Crippen LogP contribution in [0.15, 0.2) is 42.5 Å². The van der Waals surface area contributed by atoms with Gasteiger partial charge in [0.15, 0.2) is 0 Å². The van der Waals surface area contributed by atoms with Crippen LogP contribution in [-0.4, -0.2) is 9.61 Å². The van der Waals surface area contributed by atoms with E-state index in [1.807, 2.05) is 16.6 Å². The molecule has 0 radical (unpaired) electrons. The zero-order valence-corrected chi connectivity index (χ0v) is 12.6. The number of halogens is 1. The van der Waals surface area contributed by atoms with E-state index in [2.05, 4.69) is 39.0 Å². The Balaban J connectivity index is 2.29. The molecular formula is C18H19FN2. The Labute approximate surface area is 124 Å². The Morgan fingerprint density at radius 3 is 2.43 bits per heavy atom. The van der Waals surface area contributed by atoms with Crippen molar-refractivity contribution in [3.63, 3.8) is 0 Å². The van der Waals surface area contributed by atoms with Crippen LogP contribution < -0.4 is 0 Å². The third-order valence-corrected chi connectivity index (χ3v) is 3.83. The van der Waals surface area contributed by atoms with Crippen molar-refractivity contribution in [2.45, 2.75) is 33.1 Å². The summed E-state index contributed by atoms with van der Waals surface area (Å²) in [4.78, 5) is 0. The fourth-order valence-electron chi connectivity index (χ4n) is 2.57. The molecule has 0 aliphatic rings. The van der Waals surface area contributed by atoms with E-state index >= 15 is 0 Å². The first kappa shape index (κ1) is 13.8. The Kier molecular flexibility index (Phi) is 3.50. The van der Waals surface area contributed by atoms with Gasteiger partial charge in [-0.3, -0.25) is 0 Å². The highest BCUT2D eigenvalue weighted by atomic mass is 19.1. The zero-order chi connectivity index (χ0) is 15.0. The third kappa shape index (κ3) is 2.44. The fourth-order valence-corrected chi connectivity index (χ4v) is 2.57. The fraction of sp³-hybridized carbons (Fsp3) is 0.278. The van der Waals surface area contributed by atoms with Crippen LogP contribution in [0.3, 0.4) is 0 Å². The van der Waals surface area contributed by atoms with E-state index in [-0.39, 0.29) is 5.82 Å². The lowest BCUT2D eigenvalue weighted by atomic mass is 10.0. The number of rotatable bonds is 3. The van der Waals surface area contributed by atoms with Crippen LogP contribution in [0.25, 0.3) is 16.6 Å². The molecule has 0 atom stereocenters. The summed E-state index contributed by atoms with van der Waals surface area (Å²) in [5.74, 6) is 0.137. The summed E-state index contributed by atoms with van der Waals surface area (Å²) in [6.07, 6.45) is 0.936. The molecule has 2 nitrogen and oxygen atoms in total. The maximum absolute atomic E-state index is 13.2. The van der Waals surface area contributed by atoms with Gasteiger partial charge in [-0.1, -0.05) is 32.9 Å². The zero-order valence-electron chi connectivity index (χ0n) is 12.6. The van der Waals surface area contributed by atoms with E-state index < -0.39 is 0 Å². The SMILES string of the molecule is CCc1ccc2c(-c3ccc(F)cc3)cc(C(C)C)nn12. The molecule has 0 N–H and O–H groups in total. The van der Waals surface area contributed by atoms with Crippen molar-refractivity contribution in [2.24, 2.45) is 0 Å². The van der Waals surface area contributed by atoms with Crippen LogP contribution in [0.4, 0.5) is 4.39 Å². The van der Waals surface area contributed by atoms with Crippen molar-refractivity contribution in [3.05, 3.63) is 59.7 Å². The monoisotopic (exact) mass is 282 g/mol. The molecule has 0 saturated heterocycles. The molecule has 0 amide bonds. The number of aryl methyl sites for hydroxylation is 1. The summed E-state index contributed by atoms with van der Waals surface area (Å²) in [5, 5.41) is 4.75. The van der Waals surface area contributed by atoms with Gasteiger partial charge in [-0.05, 0) is 48.2 Å². The van der Waals surface area contributed by atoms with Crippen LogP contribution in [-0.2, 0) is 6.42 Å². The number of hydrogen-bond donors (Lipinski definition) is 0. The minimum absolute atomic E-state index is 0.211. The molecule has 0 aliphatic carbocycles. The predicted octanol–water partition coefficient (Wildman–Crippen LogP) is 4.83. The minimum atomic E-state index is -0.211. The van der Waals surface area contributed by atoms with Gasteiger partial charge in [0, 0.05) is 11.3 Å². The molecular weight excluding hydrogens is 263 g/mol. The second-order valence-corrected chi connectivity index (χ2v) is 5.62. The highest BCUT2D eigenvalue weighted by Gasteiger charge is 2.12. The van der Waals surface area contributed by atoms with Gasteiger partial charge in [0.2, 0.25) is 0 Å². The molecule has 3 aromatic rings. The van der Waals surface area contributed by atoms with Gasteiger partial charge in [0.1, 0.15) is 5.82 Å². The second-order valence-electron chi connectivity index (χ2n) is 5.62. The van der Waals surface area contributed by atoms with E-state index in [9.17, 15) is 4.39 Å². The molecule has 0 saturated carbocycles. The lowest BCUT2D eigenvalue weighted by Gasteiger charge is -2.12. The van der Waals surface area contributed by atoms with Crippen LogP contribution >= 0.6 is 0 Å². The number of fused-ring (bicyclic) bond motifs is 1.